The van der Waals surface area contributed by atoms with Crippen LogP contribution in [0.25, 0.3) is 5.73 Å². The summed E-state index contributed by atoms with van der Waals surface area (Å²) in [5, 5.41) is 0. The van der Waals surface area contributed by atoms with Crippen molar-refractivity contribution in [3.8, 4) is 0 Å². The van der Waals surface area contributed by atoms with E-state index in [1.807, 2.05) is 13.0 Å². The van der Waals surface area contributed by atoms with Crippen LogP contribution in [-0.4, -0.2) is 4.98 Å². The third-order valence-electron chi connectivity index (χ3n) is 0.844. The molecular formula is C6H6N2VW-2. The van der Waals surface area contributed by atoms with Crippen LogP contribution in [-0.2, 0) is 30.9 Å². The van der Waals surface area contributed by atoms with Crippen molar-refractivity contribution in [3.63, 3.8) is 0 Å². The molecule has 0 unspecified atom stereocenters. The molecule has 0 saturated heterocycles. The predicted molar refractivity (Wildman–Crippen MR) is 31.8 cm³/mol. The average molecular weight is 341 g/mol. The molecule has 0 spiro atoms. The Kier molecular flexibility index (Phi) is 6.10. The summed E-state index contributed by atoms with van der Waals surface area (Å²) in [5.74, 6) is 0.213. The summed E-state index contributed by atoms with van der Waals surface area (Å²) in [7, 11) is 0. The number of pyridine rings is 1. The number of nitrogens with one attached hydrogen (secondary N) is 1. The van der Waals surface area contributed by atoms with Crippen LogP contribution >= 0.6 is 0 Å². The third-order valence-corrected chi connectivity index (χ3v) is 0.844. The minimum absolute atomic E-state index is 0.213. The zero-order valence-corrected chi connectivity index (χ0v) is 9.79. The van der Waals surface area contributed by atoms with Gasteiger partial charge in [0, 0.05) is 0 Å². The summed E-state index contributed by atoms with van der Waals surface area (Å²) >= 11 is 3.92. The summed E-state index contributed by atoms with van der Waals surface area (Å²) in [6, 6.07) is 4.54. The second-order valence-electron chi connectivity index (χ2n) is 1.60. The number of hydrogen-bond acceptors (Lipinski definition) is 1. The van der Waals surface area contributed by atoms with Gasteiger partial charge < -0.3 is 10.7 Å². The fourth-order valence-corrected chi connectivity index (χ4v) is 0.484. The van der Waals surface area contributed by atoms with Gasteiger partial charge in [0.1, 0.15) is 0 Å². The van der Waals surface area contributed by atoms with Crippen LogP contribution < -0.4 is 0 Å². The Bertz CT molecular complexity index is 187. The van der Waals surface area contributed by atoms with Gasteiger partial charge >= 0.3 is 30.9 Å². The van der Waals surface area contributed by atoms with Gasteiger partial charge in [0.25, 0.3) is 0 Å². The van der Waals surface area contributed by atoms with E-state index >= 15 is 0 Å². The fraction of sp³-hybridized carbons (Fsp3) is 0.167. The van der Waals surface area contributed by atoms with E-state index in [4.69, 9.17) is 5.73 Å². The Morgan fingerprint density at radius 1 is 1.70 bits per heavy atom. The molecule has 0 aliphatic rings. The molecule has 0 aliphatic carbocycles. The van der Waals surface area contributed by atoms with Crippen LogP contribution in [0.4, 0.5) is 5.82 Å². The Morgan fingerprint density at radius 3 is 2.60 bits per heavy atom. The molecule has 1 heterocycles. The number of hydrogen-bond donors (Lipinski definition) is 0. The molecule has 1 N–H and O–H groups in total. The van der Waals surface area contributed by atoms with Gasteiger partial charge in [-0.05, 0) is 0 Å². The van der Waals surface area contributed by atoms with Crippen molar-refractivity contribution < 1.29 is 30.9 Å². The summed E-state index contributed by atoms with van der Waals surface area (Å²) < 4.78 is 0. The number of aromatic nitrogens is 1. The van der Waals surface area contributed by atoms with E-state index in [0.29, 0.717) is 0 Å². The second-order valence-corrected chi connectivity index (χ2v) is 1.60. The molecule has 0 bridgehead atoms. The van der Waals surface area contributed by atoms with Gasteiger partial charge in [-0.2, -0.15) is 12.0 Å². The molecule has 0 aromatic carbocycles. The summed E-state index contributed by atoms with van der Waals surface area (Å²) in [6.45, 7) is 1.89. The Labute approximate surface area is 78.0 Å². The predicted octanol–water partition coefficient (Wildman–Crippen LogP) is 1.87. The zero-order valence-electron chi connectivity index (χ0n) is 5.46. The molecule has 0 amide bonds. The molecule has 53 valence electrons. The molecule has 1 aromatic heterocycles. The molecule has 4 heteroatoms. The third kappa shape index (κ3) is 4.10. The number of aryl methyl sites for hydroxylation is 1. The standard InChI is InChI=1S/C6H6N2.V.W/c1-5-2-3-8-6(7)4-5;;/h2-3H,1H3,(H-,7,8);;/q-2;;. The number of rotatable bonds is 0. The quantitative estimate of drug-likeness (QED) is 0.664. The van der Waals surface area contributed by atoms with Crippen molar-refractivity contribution in [1.29, 1.82) is 0 Å². The van der Waals surface area contributed by atoms with Crippen molar-refractivity contribution in [1.82, 2.24) is 4.98 Å². The topological polar surface area (TPSA) is 36.7 Å². The average Bonchev–Trinajstić information content (AvgIpc) is 1.91. The van der Waals surface area contributed by atoms with Crippen molar-refractivity contribution in [2.45, 2.75) is 6.92 Å². The molecule has 0 aliphatic heterocycles. The molecule has 1 aromatic rings. The molecule has 2 nitrogen and oxygen atoms in total. The molecule has 10 heavy (non-hydrogen) atoms. The van der Waals surface area contributed by atoms with E-state index in [1.54, 1.807) is 6.20 Å². The van der Waals surface area contributed by atoms with Crippen molar-refractivity contribution in [2.24, 2.45) is 0 Å². The van der Waals surface area contributed by atoms with Crippen LogP contribution in [0.1, 0.15) is 5.56 Å². The molecule has 1 rings (SSSR count). The maximum atomic E-state index is 6.97. The molecule has 0 radical (unpaired) electrons. The maximum absolute atomic E-state index is 6.97. The van der Waals surface area contributed by atoms with Crippen LogP contribution in [0, 0.1) is 13.0 Å². The first-order chi connectivity index (χ1) is 4.79. The molecular weight excluding hydrogens is 335 g/mol. The minimum atomic E-state index is 0.213. The van der Waals surface area contributed by atoms with E-state index < -0.39 is 0 Å². The fourth-order valence-electron chi connectivity index (χ4n) is 0.484. The van der Waals surface area contributed by atoms with Crippen LogP contribution in [0.15, 0.2) is 12.3 Å². The molecule has 0 saturated carbocycles. The van der Waals surface area contributed by atoms with E-state index in [1.165, 1.54) is 16.8 Å². The van der Waals surface area contributed by atoms with Crippen molar-refractivity contribution in [2.75, 3.05) is 0 Å². The van der Waals surface area contributed by atoms with Crippen LogP contribution in [0.2, 0.25) is 0 Å². The second kappa shape index (κ2) is 5.97. The van der Waals surface area contributed by atoms with Crippen molar-refractivity contribution >= 4 is 5.82 Å². The summed E-state index contributed by atoms with van der Waals surface area (Å²) in [6.07, 6.45) is 1.61. The SMILES string of the molecule is Cc1[c-]c([NH-])ncc1.[V]=[W]. The summed E-state index contributed by atoms with van der Waals surface area (Å²) in [5.41, 5.74) is 7.93. The monoisotopic (exact) mass is 341 g/mol. The Hall–Kier alpha value is 0.223. The van der Waals surface area contributed by atoms with Gasteiger partial charge in [0.15, 0.2) is 0 Å². The Balaban J connectivity index is 0.000000371. The molecule has 0 fully saturated rings. The van der Waals surface area contributed by atoms with Crippen LogP contribution in [0.3, 0.4) is 0 Å². The summed E-state index contributed by atoms with van der Waals surface area (Å²) in [4.78, 5) is 3.65. The normalized spacial score (nSPS) is 7.60. The first-order valence-electron chi connectivity index (χ1n) is 2.54. The van der Waals surface area contributed by atoms with Gasteiger partial charge in [-0.3, -0.25) is 0 Å². The van der Waals surface area contributed by atoms with Gasteiger partial charge in [-0.15, -0.1) is 0 Å². The first-order valence-corrected chi connectivity index (χ1v) is 8.52. The van der Waals surface area contributed by atoms with Crippen LogP contribution in [0.5, 0.6) is 0 Å². The zero-order chi connectivity index (χ0) is 7.98. The van der Waals surface area contributed by atoms with E-state index in [9.17, 15) is 0 Å². The van der Waals surface area contributed by atoms with Crippen molar-refractivity contribution in [3.05, 3.63) is 29.6 Å². The van der Waals surface area contributed by atoms with E-state index in [-0.39, 0.29) is 5.82 Å². The number of nitrogens with zero attached hydrogens (tertiary/aromatic N) is 1. The van der Waals surface area contributed by atoms with Gasteiger partial charge in [-0.1, -0.05) is 6.92 Å². The first kappa shape index (κ1) is 10.2. The van der Waals surface area contributed by atoms with Gasteiger partial charge in [0.05, 0.1) is 0 Å². The molecule has 0 atom stereocenters. The van der Waals surface area contributed by atoms with Gasteiger partial charge in [-0.25, -0.2) is 17.7 Å². The van der Waals surface area contributed by atoms with E-state index in [0.717, 1.165) is 5.56 Å². The van der Waals surface area contributed by atoms with E-state index in [2.05, 4.69) is 25.1 Å². The van der Waals surface area contributed by atoms with Gasteiger partial charge in [0.2, 0.25) is 0 Å². The Morgan fingerprint density at radius 2 is 2.30 bits per heavy atom.